The maximum atomic E-state index is 4.98. The number of fused-ring (bicyclic) bond motifs is 12. The quantitative estimate of drug-likeness (QED) is 0.165. The van der Waals surface area contributed by atoms with Crippen molar-refractivity contribution in [1.29, 1.82) is 0 Å². The smallest absolute Gasteiger partial charge is 0.164 e. The maximum absolute atomic E-state index is 4.98. The summed E-state index contributed by atoms with van der Waals surface area (Å²) < 4.78 is 4.86. The van der Waals surface area contributed by atoms with Crippen molar-refractivity contribution in [3.63, 3.8) is 0 Å². The summed E-state index contributed by atoms with van der Waals surface area (Å²) in [6.07, 6.45) is 0. The third-order valence-corrected chi connectivity index (χ3v) is 11.5. The van der Waals surface area contributed by atoms with Gasteiger partial charge in [0.05, 0.1) is 27.6 Å². The highest BCUT2D eigenvalue weighted by atomic mass is 15.0. The summed E-state index contributed by atoms with van der Waals surface area (Å²) in [4.78, 5) is 14.9. The zero-order valence-corrected chi connectivity index (χ0v) is 31.3. The molecule has 0 radical (unpaired) electrons. The average molecular weight is 740 g/mol. The fraction of sp³-hybridized carbons (Fsp3) is 0. The second-order valence-corrected chi connectivity index (χ2v) is 14.8. The van der Waals surface area contributed by atoms with Crippen LogP contribution in [0.3, 0.4) is 0 Å². The van der Waals surface area contributed by atoms with Gasteiger partial charge in [0.2, 0.25) is 0 Å². The zero-order valence-electron chi connectivity index (χ0n) is 31.3. The number of nitrogens with zero attached hydrogens (tertiary/aromatic N) is 5. The van der Waals surface area contributed by atoms with Crippen LogP contribution in [-0.2, 0) is 0 Å². The van der Waals surface area contributed by atoms with E-state index in [1.54, 1.807) is 0 Å². The Morgan fingerprint density at radius 3 is 1.57 bits per heavy atom. The van der Waals surface area contributed by atoms with E-state index in [1.807, 2.05) is 60.7 Å². The summed E-state index contributed by atoms with van der Waals surface area (Å²) in [6, 6.07) is 70.9. The van der Waals surface area contributed by atoms with E-state index < -0.39 is 0 Å². The summed E-state index contributed by atoms with van der Waals surface area (Å²) in [7, 11) is 0. The minimum absolute atomic E-state index is 0.640. The monoisotopic (exact) mass is 739 g/mol. The van der Waals surface area contributed by atoms with Gasteiger partial charge in [-0.15, -0.1) is 0 Å². The highest BCUT2D eigenvalue weighted by Crippen LogP contribution is 2.43. The molecule has 0 bridgehead atoms. The summed E-state index contributed by atoms with van der Waals surface area (Å²) in [5.74, 6) is 1.94. The maximum Gasteiger partial charge on any atom is 0.164 e. The van der Waals surface area contributed by atoms with Gasteiger partial charge >= 0.3 is 0 Å². The Hall–Kier alpha value is -7.89. The van der Waals surface area contributed by atoms with Crippen molar-refractivity contribution in [2.75, 3.05) is 0 Å². The Kier molecular flexibility index (Phi) is 7.16. The number of para-hydroxylation sites is 3. The Morgan fingerprint density at radius 2 is 0.845 bits per heavy atom. The number of hydrogen-bond donors (Lipinski definition) is 0. The van der Waals surface area contributed by atoms with Gasteiger partial charge in [-0.3, -0.25) is 0 Å². The van der Waals surface area contributed by atoms with Gasteiger partial charge in [0, 0.05) is 49.3 Å². The van der Waals surface area contributed by atoms with E-state index in [-0.39, 0.29) is 0 Å². The highest BCUT2D eigenvalue weighted by Gasteiger charge is 2.20. The molecule has 0 amide bonds. The van der Waals surface area contributed by atoms with Gasteiger partial charge in [-0.05, 0) is 65.0 Å². The van der Waals surface area contributed by atoms with Gasteiger partial charge in [0.1, 0.15) is 0 Å². The van der Waals surface area contributed by atoms with E-state index in [1.165, 1.54) is 59.9 Å². The first-order chi connectivity index (χ1) is 28.8. The van der Waals surface area contributed by atoms with Crippen LogP contribution in [0.5, 0.6) is 0 Å². The molecule has 12 rings (SSSR count). The fourth-order valence-corrected chi connectivity index (χ4v) is 8.90. The van der Waals surface area contributed by atoms with Gasteiger partial charge in [0.25, 0.3) is 0 Å². The predicted octanol–water partition coefficient (Wildman–Crippen LogP) is 13.3. The fourth-order valence-electron chi connectivity index (χ4n) is 8.90. The summed E-state index contributed by atoms with van der Waals surface area (Å²) in [6.45, 7) is 0. The lowest BCUT2D eigenvalue weighted by Crippen LogP contribution is -2.00. The summed E-state index contributed by atoms with van der Waals surface area (Å²) in [5.41, 5.74) is 12.2. The molecule has 0 aliphatic heterocycles. The third kappa shape index (κ3) is 5.00. The molecule has 4 heterocycles. The van der Waals surface area contributed by atoms with E-state index in [9.17, 15) is 0 Å². The lowest BCUT2D eigenvalue weighted by atomic mass is 10.00. The molecule has 0 aliphatic carbocycles. The molecule has 0 aliphatic rings. The molecule has 0 saturated heterocycles. The Morgan fingerprint density at radius 1 is 0.293 bits per heavy atom. The molecule has 4 aromatic heterocycles. The lowest BCUT2D eigenvalue weighted by Gasteiger charge is -2.13. The topological polar surface area (TPSA) is 48.0 Å². The molecule has 0 atom stereocenters. The average Bonchev–Trinajstić information content (AvgIpc) is 3.86. The second-order valence-electron chi connectivity index (χ2n) is 14.8. The number of benzene rings is 8. The number of aromatic nitrogens is 5. The molecule has 0 fully saturated rings. The molecule has 0 N–H and O–H groups in total. The van der Waals surface area contributed by atoms with E-state index in [0.717, 1.165) is 33.5 Å². The molecule has 0 unspecified atom stereocenters. The molecule has 8 aromatic carbocycles. The van der Waals surface area contributed by atoms with Crippen LogP contribution in [0.4, 0.5) is 0 Å². The second kappa shape index (κ2) is 12.8. The number of hydrogen-bond acceptors (Lipinski definition) is 3. The van der Waals surface area contributed by atoms with Gasteiger partial charge in [0.15, 0.2) is 17.5 Å². The van der Waals surface area contributed by atoms with Crippen LogP contribution in [0.25, 0.3) is 111 Å². The van der Waals surface area contributed by atoms with Crippen LogP contribution in [-0.4, -0.2) is 23.9 Å². The Bertz CT molecular complexity index is 3490. The molecule has 58 heavy (non-hydrogen) atoms. The van der Waals surface area contributed by atoms with Crippen LogP contribution in [0, 0.1) is 0 Å². The standard InChI is InChI=1S/C53H33N5/c1-3-14-35(15-4-1)51-54-52(36-16-5-2-6-17-36)56-53(55-51)39-20-13-19-37(32-39)34-26-28-40(29-27-34)57-46-25-12-9-22-43(46)50-47(57)31-30-42-41-21-8-11-24-45(41)58-44-23-10-7-18-38(44)33-48(58)49(42)50/h1-33H. The summed E-state index contributed by atoms with van der Waals surface area (Å²) >= 11 is 0. The molecular weight excluding hydrogens is 707 g/mol. The van der Waals surface area contributed by atoms with Crippen LogP contribution < -0.4 is 0 Å². The van der Waals surface area contributed by atoms with Gasteiger partial charge < -0.3 is 8.97 Å². The van der Waals surface area contributed by atoms with Crippen LogP contribution in [0.15, 0.2) is 200 Å². The van der Waals surface area contributed by atoms with Crippen molar-refractivity contribution in [3.8, 4) is 51.0 Å². The minimum Gasteiger partial charge on any atom is -0.309 e. The SMILES string of the molecule is c1ccc(-c2nc(-c3ccccc3)nc(-c3cccc(-c4ccc(-n5c6ccccc6c6c7c(ccc65)c5ccccc5n5c6ccccc6cc75)cc4)c3)n2)cc1. The highest BCUT2D eigenvalue weighted by molar-refractivity contribution is 6.30. The molecule has 0 saturated carbocycles. The van der Waals surface area contributed by atoms with Crippen molar-refractivity contribution in [2.45, 2.75) is 0 Å². The first-order valence-electron chi connectivity index (χ1n) is 19.6. The molecule has 5 nitrogen and oxygen atoms in total. The van der Waals surface area contributed by atoms with E-state index in [4.69, 9.17) is 15.0 Å². The molecule has 270 valence electrons. The van der Waals surface area contributed by atoms with E-state index in [2.05, 4.69) is 148 Å². The van der Waals surface area contributed by atoms with Gasteiger partial charge in [-0.25, -0.2) is 15.0 Å². The van der Waals surface area contributed by atoms with Crippen molar-refractivity contribution in [1.82, 2.24) is 23.9 Å². The van der Waals surface area contributed by atoms with Crippen molar-refractivity contribution in [3.05, 3.63) is 200 Å². The van der Waals surface area contributed by atoms with Crippen molar-refractivity contribution in [2.24, 2.45) is 0 Å². The van der Waals surface area contributed by atoms with E-state index in [0.29, 0.717) is 17.5 Å². The normalized spacial score (nSPS) is 11.8. The van der Waals surface area contributed by atoms with Crippen LogP contribution >= 0.6 is 0 Å². The van der Waals surface area contributed by atoms with Crippen molar-refractivity contribution >= 4 is 59.9 Å². The molecule has 0 spiro atoms. The van der Waals surface area contributed by atoms with E-state index >= 15 is 0 Å². The first kappa shape index (κ1) is 32.4. The summed E-state index contributed by atoms with van der Waals surface area (Å²) in [5, 5.41) is 7.54. The molecule has 12 aromatic rings. The van der Waals surface area contributed by atoms with Gasteiger partial charge in [-0.2, -0.15) is 0 Å². The molecular formula is C53H33N5. The molecule has 5 heteroatoms. The van der Waals surface area contributed by atoms with Crippen LogP contribution in [0.1, 0.15) is 0 Å². The lowest BCUT2D eigenvalue weighted by molar-refractivity contribution is 1.07. The minimum atomic E-state index is 0.640. The number of rotatable bonds is 5. The Balaban J connectivity index is 1.00. The third-order valence-electron chi connectivity index (χ3n) is 11.5. The number of pyridine rings is 1. The zero-order chi connectivity index (χ0) is 38.2. The van der Waals surface area contributed by atoms with Crippen LogP contribution in [0.2, 0.25) is 0 Å². The largest absolute Gasteiger partial charge is 0.309 e. The predicted molar refractivity (Wildman–Crippen MR) is 239 cm³/mol. The van der Waals surface area contributed by atoms with Crippen molar-refractivity contribution < 1.29 is 0 Å². The van der Waals surface area contributed by atoms with Gasteiger partial charge in [-0.1, -0.05) is 152 Å². The Labute approximate surface area is 333 Å². The first-order valence-corrected chi connectivity index (χ1v) is 19.6.